The molecule has 1 aromatic carbocycles. The van der Waals surface area contributed by atoms with E-state index >= 15 is 0 Å². The maximum absolute atomic E-state index is 12.6. The molecule has 3 aromatic rings. The smallest absolute Gasteiger partial charge is 0.268 e. The van der Waals surface area contributed by atoms with Gasteiger partial charge in [-0.1, -0.05) is 47.5 Å². The van der Waals surface area contributed by atoms with Crippen molar-refractivity contribution in [1.82, 2.24) is 15.6 Å². The first-order chi connectivity index (χ1) is 11.6. The van der Waals surface area contributed by atoms with Gasteiger partial charge in [-0.25, -0.2) is 0 Å². The first-order valence-corrected chi connectivity index (χ1v) is 9.18. The second-order valence-electron chi connectivity index (χ2n) is 5.86. The average Bonchev–Trinajstić information content (AvgIpc) is 3.21. The Bertz CT molecular complexity index is 933. The molecule has 0 bridgehead atoms. The second-order valence-corrected chi connectivity index (χ2v) is 7.89. The fourth-order valence-electron chi connectivity index (χ4n) is 3.37. The molecule has 0 spiro atoms. The van der Waals surface area contributed by atoms with Crippen LogP contribution in [0, 0.1) is 0 Å². The first kappa shape index (κ1) is 16.0. The second kappa shape index (κ2) is 6.08. The fraction of sp³-hybridized carbons (Fsp3) is 0.235. The number of rotatable bonds is 3. The molecule has 4 rings (SSSR count). The Morgan fingerprint density at radius 1 is 1.33 bits per heavy atom. The normalized spacial score (nSPS) is 19.6. The Morgan fingerprint density at radius 2 is 2.12 bits per heavy atom. The summed E-state index contributed by atoms with van der Waals surface area (Å²) in [7, 11) is 1.91. The molecule has 2 atom stereocenters. The molecule has 4 nitrogen and oxygen atoms in total. The summed E-state index contributed by atoms with van der Waals surface area (Å²) in [6.07, 6.45) is 0.815. The van der Waals surface area contributed by atoms with E-state index in [2.05, 4.69) is 27.8 Å². The third kappa shape index (κ3) is 2.52. The van der Waals surface area contributed by atoms with E-state index in [1.807, 2.05) is 19.2 Å². The molecule has 0 radical (unpaired) electrons. The number of thiophene rings is 1. The molecule has 124 valence electrons. The molecule has 1 aliphatic rings. The highest BCUT2D eigenvalue weighted by atomic mass is 35.5. The molecule has 7 heteroatoms. The monoisotopic (exact) mass is 379 g/mol. The van der Waals surface area contributed by atoms with E-state index in [0.717, 1.165) is 16.6 Å². The van der Waals surface area contributed by atoms with Gasteiger partial charge in [0.1, 0.15) is 10.0 Å². The van der Waals surface area contributed by atoms with Crippen molar-refractivity contribution < 1.29 is 4.79 Å². The van der Waals surface area contributed by atoms with Crippen molar-refractivity contribution in [1.29, 1.82) is 0 Å². The molecular formula is C17H15Cl2N3OS. The van der Waals surface area contributed by atoms with E-state index in [1.165, 1.54) is 22.5 Å². The Hall–Kier alpha value is -1.53. The third-order valence-corrected chi connectivity index (χ3v) is 6.41. The third-order valence-electron chi connectivity index (χ3n) is 4.48. The average molecular weight is 380 g/mol. The molecule has 0 fully saturated rings. The predicted octanol–water partition coefficient (Wildman–Crippen LogP) is 4.15. The van der Waals surface area contributed by atoms with E-state index in [-0.39, 0.29) is 18.0 Å². The predicted molar refractivity (Wildman–Crippen MR) is 99.4 cm³/mol. The van der Waals surface area contributed by atoms with Gasteiger partial charge in [-0.15, -0.1) is 11.3 Å². The van der Waals surface area contributed by atoms with Crippen molar-refractivity contribution >= 4 is 50.7 Å². The van der Waals surface area contributed by atoms with Crippen molar-refractivity contribution in [2.75, 3.05) is 7.05 Å². The Kier molecular flexibility index (Phi) is 4.04. The minimum Gasteiger partial charge on any atom is -0.349 e. The summed E-state index contributed by atoms with van der Waals surface area (Å²) in [5.74, 6) is -0.136. The number of aromatic amines is 1. The van der Waals surface area contributed by atoms with E-state index in [1.54, 1.807) is 6.07 Å². The number of amides is 1. The van der Waals surface area contributed by atoms with Crippen LogP contribution in [-0.2, 0) is 6.42 Å². The first-order valence-electron chi connectivity index (χ1n) is 7.61. The minimum atomic E-state index is -0.136. The quantitative estimate of drug-likeness (QED) is 0.639. The number of carbonyl (C=O) groups excluding carboxylic acids is 1. The van der Waals surface area contributed by atoms with Crippen molar-refractivity contribution in [2.24, 2.45) is 0 Å². The number of halogens is 2. The van der Waals surface area contributed by atoms with Crippen molar-refractivity contribution in [2.45, 2.75) is 18.5 Å². The zero-order chi connectivity index (χ0) is 16.8. The largest absolute Gasteiger partial charge is 0.349 e. The molecule has 3 N–H and O–H groups in total. The SMILES string of the molecule is CN[C@H]1c2ccccc2C[C@H]1NC(=O)c1cc2sc(Cl)c(Cl)c2[nH]1. The van der Waals surface area contributed by atoms with Crippen LogP contribution in [0.1, 0.15) is 27.7 Å². The number of H-pyrrole nitrogens is 1. The van der Waals surface area contributed by atoms with Gasteiger partial charge in [-0.05, 0) is 30.7 Å². The standard InChI is InChI=1S/C17H15Cl2N3OS/c1-20-14-9-5-3-2-4-8(9)6-10(14)22-17(23)11-7-12-15(21-11)13(18)16(19)24-12/h2-5,7,10,14,20-21H,6H2,1H3,(H,22,23)/t10-,14+/m1/s1. The van der Waals surface area contributed by atoms with Crippen molar-refractivity contribution in [3.8, 4) is 0 Å². The minimum absolute atomic E-state index is 0.0142. The highest BCUT2D eigenvalue weighted by Gasteiger charge is 2.32. The summed E-state index contributed by atoms with van der Waals surface area (Å²) < 4.78 is 1.42. The summed E-state index contributed by atoms with van der Waals surface area (Å²) in [6, 6.07) is 10.2. The molecule has 2 aromatic heterocycles. The van der Waals surface area contributed by atoms with Crippen LogP contribution in [-0.4, -0.2) is 24.0 Å². The van der Waals surface area contributed by atoms with Gasteiger partial charge >= 0.3 is 0 Å². The maximum Gasteiger partial charge on any atom is 0.268 e. The summed E-state index contributed by atoms with van der Waals surface area (Å²) in [5.41, 5.74) is 3.73. The summed E-state index contributed by atoms with van der Waals surface area (Å²) >= 11 is 13.5. The number of hydrogen-bond donors (Lipinski definition) is 3. The zero-order valence-electron chi connectivity index (χ0n) is 12.8. The lowest BCUT2D eigenvalue weighted by molar-refractivity contribution is 0.0926. The topological polar surface area (TPSA) is 56.9 Å². The summed E-state index contributed by atoms with van der Waals surface area (Å²) in [4.78, 5) is 15.7. The number of hydrogen-bond acceptors (Lipinski definition) is 3. The fourth-order valence-corrected chi connectivity index (χ4v) is 4.85. The van der Waals surface area contributed by atoms with E-state index < -0.39 is 0 Å². The van der Waals surface area contributed by atoms with Crippen LogP contribution < -0.4 is 10.6 Å². The number of likely N-dealkylation sites (N-methyl/N-ethyl adjacent to an activating group) is 1. The molecule has 0 saturated heterocycles. The molecule has 0 unspecified atom stereocenters. The molecular weight excluding hydrogens is 365 g/mol. The van der Waals surface area contributed by atoms with Gasteiger partial charge < -0.3 is 15.6 Å². The summed E-state index contributed by atoms with van der Waals surface area (Å²) in [5, 5.41) is 6.90. The molecule has 24 heavy (non-hydrogen) atoms. The molecule has 0 saturated carbocycles. The number of carbonyl (C=O) groups is 1. The Labute approximate surface area is 153 Å². The van der Waals surface area contributed by atoms with Gasteiger partial charge in [0.15, 0.2) is 0 Å². The lowest BCUT2D eigenvalue weighted by Gasteiger charge is -2.21. The van der Waals surface area contributed by atoms with Crippen LogP contribution in [0.15, 0.2) is 30.3 Å². The van der Waals surface area contributed by atoms with Gasteiger partial charge in [0.05, 0.1) is 27.3 Å². The number of nitrogens with one attached hydrogen (secondary N) is 3. The Morgan fingerprint density at radius 3 is 2.88 bits per heavy atom. The lowest BCUT2D eigenvalue weighted by Crippen LogP contribution is -2.41. The Balaban J connectivity index is 1.57. The maximum atomic E-state index is 12.6. The molecule has 1 amide bonds. The number of fused-ring (bicyclic) bond motifs is 2. The number of benzene rings is 1. The van der Waals surface area contributed by atoms with Gasteiger partial charge in [0.2, 0.25) is 0 Å². The van der Waals surface area contributed by atoms with E-state index in [4.69, 9.17) is 23.2 Å². The van der Waals surface area contributed by atoms with Crippen molar-refractivity contribution in [3.63, 3.8) is 0 Å². The van der Waals surface area contributed by atoms with E-state index in [0.29, 0.717) is 15.1 Å². The van der Waals surface area contributed by atoms with Crippen molar-refractivity contribution in [3.05, 3.63) is 56.5 Å². The highest BCUT2D eigenvalue weighted by Crippen LogP contribution is 2.39. The lowest BCUT2D eigenvalue weighted by atomic mass is 10.1. The van der Waals surface area contributed by atoms with Crippen LogP contribution in [0.25, 0.3) is 10.2 Å². The van der Waals surface area contributed by atoms with Crippen LogP contribution in [0.4, 0.5) is 0 Å². The van der Waals surface area contributed by atoms with Crippen LogP contribution in [0.5, 0.6) is 0 Å². The number of aromatic nitrogens is 1. The van der Waals surface area contributed by atoms with Crippen LogP contribution in [0.2, 0.25) is 9.36 Å². The van der Waals surface area contributed by atoms with Crippen LogP contribution in [0.3, 0.4) is 0 Å². The van der Waals surface area contributed by atoms with Gasteiger partial charge in [-0.2, -0.15) is 0 Å². The molecule has 0 aliphatic heterocycles. The summed E-state index contributed by atoms with van der Waals surface area (Å²) in [6.45, 7) is 0. The highest BCUT2D eigenvalue weighted by molar-refractivity contribution is 7.23. The molecule has 2 heterocycles. The van der Waals surface area contributed by atoms with Gasteiger partial charge in [0.25, 0.3) is 5.91 Å². The van der Waals surface area contributed by atoms with Gasteiger partial charge in [-0.3, -0.25) is 4.79 Å². The molecule has 1 aliphatic carbocycles. The van der Waals surface area contributed by atoms with Gasteiger partial charge in [0, 0.05) is 0 Å². The zero-order valence-corrected chi connectivity index (χ0v) is 15.1. The van der Waals surface area contributed by atoms with E-state index in [9.17, 15) is 4.79 Å². The van der Waals surface area contributed by atoms with Crippen LogP contribution >= 0.6 is 34.5 Å².